The molecule has 2 aromatic carbocycles. The smallest absolute Gasteiger partial charge is 0.446 e. The van der Waals surface area contributed by atoms with Crippen molar-refractivity contribution in [3.8, 4) is 0 Å². The van der Waals surface area contributed by atoms with E-state index in [1.165, 1.54) is 60.7 Å². The molecule has 2 rings (SSSR count). The first-order valence-corrected chi connectivity index (χ1v) is 7.65. The zero-order valence-electron chi connectivity index (χ0n) is 13.8. The first kappa shape index (κ1) is 21.3. The van der Waals surface area contributed by atoms with Crippen LogP contribution >= 0.6 is 0 Å². The summed E-state index contributed by atoms with van der Waals surface area (Å²) in [6, 6.07) is 13.4. The maximum absolute atomic E-state index is 12.7. The van der Waals surface area contributed by atoms with E-state index in [9.17, 15) is 35.9 Å². The summed E-state index contributed by atoms with van der Waals surface area (Å²) < 4.78 is 84.9. The first-order chi connectivity index (χ1) is 13.0. The van der Waals surface area contributed by atoms with E-state index in [-0.39, 0.29) is 11.1 Å². The summed E-state index contributed by atoms with van der Waals surface area (Å²) in [4.78, 5) is 22.7. The number of carbonyl (C=O) groups excluding carboxylic acids is 2. The van der Waals surface area contributed by atoms with Crippen molar-refractivity contribution in [1.29, 1.82) is 0 Å². The first-order valence-electron chi connectivity index (χ1n) is 7.65. The number of ether oxygens (including phenoxy) is 2. The molecule has 150 valence electrons. The van der Waals surface area contributed by atoms with Crippen molar-refractivity contribution in [3.05, 3.63) is 71.8 Å². The fourth-order valence-electron chi connectivity index (χ4n) is 2.26. The molecule has 2 aromatic rings. The molecule has 0 amide bonds. The van der Waals surface area contributed by atoms with Crippen molar-refractivity contribution in [1.82, 2.24) is 0 Å². The summed E-state index contributed by atoms with van der Waals surface area (Å²) in [6.45, 7) is 0. The number of hydrogen-bond acceptors (Lipinski definition) is 4. The van der Waals surface area contributed by atoms with Gasteiger partial charge in [0.05, 0.1) is 0 Å². The number of hydrogen-bond donors (Lipinski definition) is 0. The van der Waals surface area contributed by atoms with E-state index >= 15 is 0 Å². The van der Waals surface area contributed by atoms with Crippen molar-refractivity contribution >= 4 is 11.9 Å². The molecule has 10 heteroatoms. The van der Waals surface area contributed by atoms with Gasteiger partial charge in [0.25, 0.3) is 0 Å². The van der Waals surface area contributed by atoms with Crippen molar-refractivity contribution in [2.45, 2.75) is 24.6 Å². The fourth-order valence-corrected chi connectivity index (χ4v) is 2.26. The van der Waals surface area contributed by atoms with Crippen molar-refractivity contribution < 1.29 is 45.4 Å². The maximum atomic E-state index is 12.7. The summed E-state index contributed by atoms with van der Waals surface area (Å²) in [5, 5.41) is 0. The molecule has 2 atom stereocenters. The van der Waals surface area contributed by atoms with Crippen molar-refractivity contribution in [2.75, 3.05) is 0 Å². The molecule has 28 heavy (non-hydrogen) atoms. The fraction of sp³-hybridized carbons (Fsp3) is 0.222. The van der Waals surface area contributed by atoms with Crippen LogP contribution in [0.5, 0.6) is 0 Å². The summed E-state index contributed by atoms with van der Waals surface area (Å²) in [5.74, 6) is -5.27. The summed E-state index contributed by atoms with van der Waals surface area (Å²) in [5.41, 5.74) is -0.187. The van der Waals surface area contributed by atoms with Gasteiger partial charge in [-0.2, -0.15) is 26.3 Å². The quantitative estimate of drug-likeness (QED) is 0.535. The Hall–Kier alpha value is -3.04. The van der Waals surface area contributed by atoms with E-state index in [0.717, 1.165) is 0 Å². The van der Waals surface area contributed by atoms with E-state index in [4.69, 9.17) is 0 Å². The van der Waals surface area contributed by atoms with Gasteiger partial charge < -0.3 is 9.47 Å². The largest absolute Gasteiger partial charge is 0.490 e. The highest BCUT2D eigenvalue weighted by Crippen LogP contribution is 2.38. The number of esters is 2. The van der Waals surface area contributed by atoms with Crippen LogP contribution in [-0.4, -0.2) is 24.3 Å². The standard InChI is InChI=1S/C18H12F6O4/c19-17(20,21)15(25)27-13(11-7-3-1-4-8-11)14(12-9-5-2-6-10-12)28-16(26)18(22,23)24/h1-10,13-14H. The van der Waals surface area contributed by atoms with Crippen LogP contribution in [0.2, 0.25) is 0 Å². The molecule has 0 aliphatic rings. The van der Waals surface area contributed by atoms with Crippen LogP contribution in [0.3, 0.4) is 0 Å². The molecular weight excluding hydrogens is 394 g/mol. The Morgan fingerprint density at radius 2 is 0.893 bits per heavy atom. The van der Waals surface area contributed by atoms with Crippen molar-refractivity contribution in [2.24, 2.45) is 0 Å². The van der Waals surface area contributed by atoms with Gasteiger partial charge in [-0.3, -0.25) is 0 Å². The van der Waals surface area contributed by atoms with Crippen LogP contribution in [0.1, 0.15) is 23.3 Å². The molecule has 0 radical (unpaired) electrons. The van der Waals surface area contributed by atoms with Crippen LogP contribution in [0.4, 0.5) is 26.3 Å². The lowest BCUT2D eigenvalue weighted by atomic mass is 9.98. The van der Waals surface area contributed by atoms with Gasteiger partial charge >= 0.3 is 24.3 Å². The minimum atomic E-state index is -5.40. The Bertz CT molecular complexity index is 733. The molecule has 0 aromatic heterocycles. The van der Waals surface area contributed by atoms with Gasteiger partial charge in [0.15, 0.2) is 12.2 Å². The van der Waals surface area contributed by atoms with Gasteiger partial charge in [-0.15, -0.1) is 0 Å². The van der Waals surface area contributed by atoms with E-state index in [1.807, 2.05) is 0 Å². The zero-order valence-corrected chi connectivity index (χ0v) is 13.8. The second-order valence-electron chi connectivity index (χ2n) is 5.47. The third-order valence-corrected chi connectivity index (χ3v) is 3.46. The van der Waals surface area contributed by atoms with Gasteiger partial charge in [-0.1, -0.05) is 60.7 Å². The molecule has 0 spiro atoms. The molecule has 0 aliphatic heterocycles. The molecule has 2 unspecified atom stereocenters. The van der Waals surface area contributed by atoms with Crippen LogP contribution < -0.4 is 0 Å². The average molecular weight is 406 g/mol. The predicted molar refractivity (Wildman–Crippen MR) is 82.7 cm³/mol. The van der Waals surface area contributed by atoms with E-state index in [1.54, 1.807) is 0 Å². The third kappa shape index (κ3) is 5.48. The minimum Gasteiger partial charge on any atom is -0.446 e. The highest BCUT2D eigenvalue weighted by molar-refractivity contribution is 5.77. The molecule has 0 saturated carbocycles. The van der Waals surface area contributed by atoms with Crippen LogP contribution in [0.25, 0.3) is 0 Å². The zero-order chi connectivity index (χ0) is 20.9. The highest BCUT2D eigenvalue weighted by Gasteiger charge is 2.47. The number of halogens is 6. The van der Waals surface area contributed by atoms with Gasteiger partial charge in [0.1, 0.15) is 0 Å². The Labute approximate surface area is 154 Å². The molecular formula is C18H12F6O4. The average Bonchev–Trinajstić information content (AvgIpc) is 2.64. The highest BCUT2D eigenvalue weighted by atomic mass is 19.4. The number of benzene rings is 2. The molecule has 0 fully saturated rings. The summed E-state index contributed by atoms with van der Waals surface area (Å²) in [6.07, 6.45) is -14.7. The number of alkyl halides is 6. The monoisotopic (exact) mass is 406 g/mol. The molecule has 0 bridgehead atoms. The molecule has 4 nitrogen and oxygen atoms in total. The summed E-state index contributed by atoms with van der Waals surface area (Å²) in [7, 11) is 0. The van der Waals surface area contributed by atoms with Crippen LogP contribution in [0.15, 0.2) is 60.7 Å². The van der Waals surface area contributed by atoms with Gasteiger partial charge in [0.2, 0.25) is 0 Å². The molecule has 0 aliphatic carbocycles. The van der Waals surface area contributed by atoms with Gasteiger partial charge in [-0.05, 0) is 11.1 Å². The molecule has 0 heterocycles. The SMILES string of the molecule is O=C(OC(c1ccccc1)C(OC(=O)C(F)(F)F)c1ccccc1)C(F)(F)F. The van der Waals surface area contributed by atoms with E-state index in [0.29, 0.717) is 0 Å². The van der Waals surface area contributed by atoms with Crippen LogP contribution in [-0.2, 0) is 19.1 Å². The van der Waals surface area contributed by atoms with Gasteiger partial charge in [0, 0.05) is 0 Å². The van der Waals surface area contributed by atoms with Gasteiger partial charge in [-0.25, -0.2) is 9.59 Å². The predicted octanol–water partition coefficient (Wildman–Crippen LogP) is 4.68. The second-order valence-corrected chi connectivity index (χ2v) is 5.47. The summed E-state index contributed by atoms with van der Waals surface area (Å²) >= 11 is 0. The number of rotatable bonds is 5. The molecule has 0 saturated heterocycles. The number of carbonyl (C=O) groups is 2. The lowest BCUT2D eigenvalue weighted by Crippen LogP contribution is -2.33. The Morgan fingerprint density at radius 1 is 0.607 bits per heavy atom. The Kier molecular flexibility index (Phi) is 6.32. The van der Waals surface area contributed by atoms with Crippen LogP contribution in [0, 0.1) is 0 Å². The molecule has 0 N–H and O–H groups in total. The lowest BCUT2D eigenvalue weighted by Gasteiger charge is -2.28. The minimum absolute atomic E-state index is 0.0936. The normalized spacial score (nSPS) is 14.1. The second kappa shape index (κ2) is 8.32. The third-order valence-electron chi connectivity index (χ3n) is 3.46. The van der Waals surface area contributed by atoms with E-state index < -0.39 is 36.5 Å². The topological polar surface area (TPSA) is 52.6 Å². The Morgan fingerprint density at radius 3 is 1.14 bits per heavy atom. The Balaban J connectivity index is 2.51. The lowest BCUT2D eigenvalue weighted by molar-refractivity contribution is -0.222. The van der Waals surface area contributed by atoms with Crippen molar-refractivity contribution in [3.63, 3.8) is 0 Å². The van der Waals surface area contributed by atoms with E-state index in [2.05, 4.69) is 9.47 Å². The maximum Gasteiger partial charge on any atom is 0.490 e.